The van der Waals surface area contributed by atoms with E-state index in [4.69, 9.17) is 0 Å². The number of aliphatic carboxylic acids is 1. The van der Waals surface area contributed by atoms with Crippen molar-refractivity contribution in [1.82, 2.24) is 10.2 Å². The second-order valence-corrected chi connectivity index (χ2v) is 4.77. The Morgan fingerprint density at radius 1 is 1.41 bits per heavy atom. The lowest BCUT2D eigenvalue weighted by atomic mass is 9.89. The van der Waals surface area contributed by atoms with Crippen molar-refractivity contribution in [2.24, 2.45) is 0 Å². The first kappa shape index (κ1) is 13.8. The van der Waals surface area contributed by atoms with Crippen molar-refractivity contribution in [2.75, 3.05) is 13.1 Å². The molecule has 0 aromatic carbocycles. The lowest BCUT2D eigenvalue weighted by Gasteiger charge is -2.41. The van der Waals surface area contributed by atoms with E-state index in [0.717, 1.165) is 25.7 Å². The second-order valence-electron chi connectivity index (χ2n) is 4.77. The summed E-state index contributed by atoms with van der Waals surface area (Å²) in [5.74, 6) is -0.914. The predicted molar refractivity (Wildman–Crippen MR) is 64.9 cm³/mol. The molecule has 1 aliphatic heterocycles. The quantitative estimate of drug-likeness (QED) is 0.739. The lowest BCUT2D eigenvalue weighted by Crippen LogP contribution is -2.60. The van der Waals surface area contributed by atoms with Crippen LogP contribution in [0.4, 0.5) is 4.79 Å². The van der Waals surface area contributed by atoms with Gasteiger partial charge in [0.2, 0.25) is 0 Å². The normalized spacial score (nSPS) is 24.5. The molecule has 0 saturated carbocycles. The van der Waals surface area contributed by atoms with Crippen molar-refractivity contribution in [3.05, 3.63) is 0 Å². The van der Waals surface area contributed by atoms with Gasteiger partial charge in [0.05, 0.1) is 0 Å². The second kappa shape index (κ2) is 5.89. The Hall–Kier alpha value is -1.26. The zero-order valence-corrected chi connectivity index (χ0v) is 10.7. The van der Waals surface area contributed by atoms with Gasteiger partial charge in [-0.2, -0.15) is 0 Å². The molecule has 0 aromatic rings. The Morgan fingerprint density at radius 2 is 2.12 bits per heavy atom. The summed E-state index contributed by atoms with van der Waals surface area (Å²) in [6.45, 7) is 4.82. The van der Waals surface area contributed by atoms with E-state index in [0.29, 0.717) is 19.5 Å². The van der Waals surface area contributed by atoms with Crippen molar-refractivity contribution in [3.63, 3.8) is 0 Å². The minimum atomic E-state index is -1.05. The summed E-state index contributed by atoms with van der Waals surface area (Å²) in [4.78, 5) is 24.7. The zero-order valence-electron chi connectivity index (χ0n) is 10.7. The van der Waals surface area contributed by atoms with E-state index in [9.17, 15) is 14.7 Å². The van der Waals surface area contributed by atoms with E-state index in [1.54, 1.807) is 6.92 Å². The number of piperidine rings is 1. The number of carboxylic acid groups (broad SMARTS) is 1. The molecule has 0 aromatic heterocycles. The van der Waals surface area contributed by atoms with Gasteiger partial charge >= 0.3 is 12.0 Å². The van der Waals surface area contributed by atoms with E-state index in [2.05, 4.69) is 12.2 Å². The van der Waals surface area contributed by atoms with Crippen LogP contribution in [0, 0.1) is 0 Å². The lowest BCUT2D eigenvalue weighted by molar-refractivity contribution is -0.150. The number of nitrogens with one attached hydrogen (secondary N) is 1. The van der Waals surface area contributed by atoms with Crippen LogP contribution in [0.25, 0.3) is 0 Å². The van der Waals surface area contributed by atoms with Crippen LogP contribution in [0.1, 0.15) is 46.0 Å². The van der Waals surface area contributed by atoms with Gasteiger partial charge < -0.3 is 15.3 Å². The number of carbonyl (C=O) groups is 2. The van der Waals surface area contributed by atoms with Gasteiger partial charge in [0.1, 0.15) is 5.54 Å². The highest BCUT2D eigenvalue weighted by Gasteiger charge is 2.43. The molecule has 0 bridgehead atoms. The van der Waals surface area contributed by atoms with Crippen molar-refractivity contribution >= 4 is 12.0 Å². The molecule has 1 heterocycles. The van der Waals surface area contributed by atoms with E-state index >= 15 is 0 Å². The molecule has 98 valence electrons. The molecule has 5 heteroatoms. The Balaban J connectivity index is 2.65. The highest BCUT2D eigenvalue weighted by molar-refractivity contribution is 5.86. The molecule has 17 heavy (non-hydrogen) atoms. The number of nitrogens with zero attached hydrogens (tertiary/aromatic N) is 1. The third-order valence-electron chi connectivity index (χ3n) is 3.40. The molecule has 2 N–H and O–H groups in total. The summed E-state index contributed by atoms with van der Waals surface area (Å²) in [7, 11) is 0. The Labute approximate surface area is 102 Å². The number of carboxylic acids is 1. The van der Waals surface area contributed by atoms with Gasteiger partial charge in [-0.15, -0.1) is 0 Å². The number of unbranched alkanes of at least 4 members (excludes halogenated alkanes) is 1. The third kappa shape index (κ3) is 3.11. The van der Waals surface area contributed by atoms with Crippen LogP contribution < -0.4 is 5.32 Å². The van der Waals surface area contributed by atoms with Crippen molar-refractivity contribution in [2.45, 2.75) is 51.5 Å². The van der Waals surface area contributed by atoms with Crippen LogP contribution in [0.2, 0.25) is 0 Å². The van der Waals surface area contributed by atoms with Crippen LogP contribution >= 0.6 is 0 Å². The summed E-state index contributed by atoms with van der Waals surface area (Å²) in [6.07, 6.45) is 4.20. The Bertz CT molecular complexity index is 293. The van der Waals surface area contributed by atoms with Crippen LogP contribution in [-0.4, -0.2) is 40.6 Å². The molecule has 1 rings (SSSR count). The average molecular weight is 242 g/mol. The van der Waals surface area contributed by atoms with E-state index in [1.165, 1.54) is 4.90 Å². The number of hydrogen-bond acceptors (Lipinski definition) is 2. The number of amides is 2. The predicted octanol–water partition coefficient (Wildman–Crippen LogP) is 1.83. The summed E-state index contributed by atoms with van der Waals surface area (Å²) in [5.41, 5.74) is -1.05. The van der Waals surface area contributed by atoms with Crippen molar-refractivity contribution < 1.29 is 14.7 Å². The largest absolute Gasteiger partial charge is 0.480 e. The molecule has 0 spiro atoms. The molecule has 1 unspecified atom stereocenters. The maximum absolute atomic E-state index is 11.9. The van der Waals surface area contributed by atoms with Gasteiger partial charge in [0.15, 0.2) is 0 Å². The van der Waals surface area contributed by atoms with Gasteiger partial charge in [0, 0.05) is 13.1 Å². The Morgan fingerprint density at radius 3 is 2.71 bits per heavy atom. The minimum absolute atomic E-state index is 0.247. The molecular formula is C12H22N2O3. The minimum Gasteiger partial charge on any atom is -0.480 e. The van der Waals surface area contributed by atoms with Gasteiger partial charge in [-0.25, -0.2) is 9.59 Å². The maximum Gasteiger partial charge on any atom is 0.329 e. The van der Waals surface area contributed by atoms with Crippen LogP contribution in [0.15, 0.2) is 0 Å². The molecule has 1 saturated heterocycles. The first-order valence-electron chi connectivity index (χ1n) is 6.31. The number of rotatable bonds is 4. The molecule has 1 fully saturated rings. The van der Waals surface area contributed by atoms with E-state index < -0.39 is 11.5 Å². The van der Waals surface area contributed by atoms with Gasteiger partial charge in [-0.3, -0.25) is 0 Å². The molecule has 1 atom stereocenters. The summed E-state index contributed by atoms with van der Waals surface area (Å²) in [6, 6.07) is -0.247. The Kier molecular flexibility index (Phi) is 4.78. The van der Waals surface area contributed by atoms with Crippen LogP contribution in [0.3, 0.4) is 0 Å². The SMILES string of the molecule is CCCCNC(=O)N1CCCCC1(C)C(=O)O. The molecular weight excluding hydrogens is 220 g/mol. The number of likely N-dealkylation sites (tertiary alicyclic amines) is 1. The summed E-state index contributed by atoms with van der Waals surface area (Å²) in [5, 5.41) is 12.1. The fourth-order valence-corrected chi connectivity index (χ4v) is 2.14. The van der Waals surface area contributed by atoms with Gasteiger partial charge in [-0.05, 0) is 32.6 Å². The maximum atomic E-state index is 11.9. The highest BCUT2D eigenvalue weighted by atomic mass is 16.4. The van der Waals surface area contributed by atoms with Gasteiger partial charge in [-0.1, -0.05) is 13.3 Å². The van der Waals surface area contributed by atoms with Crippen molar-refractivity contribution in [3.8, 4) is 0 Å². The smallest absolute Gasteiger partial charge is 0.329 e. The fraction of sp³-hybridized carbons (Fsp3) is 0.833. The van der Waals surface area contributed by atoms with Crippen LogP contribution in [0.5, 0.6) is 0 Å². The van der Waals surface area contributed by atoms with Crippen LogP contribution in [-0.2, 0) is 4.79 Å². The molecule has 0 aliphatic carbocycles. The average Bonchev–Trinajstić information content (AvgIpc) is 2.29. The molecule has 5 nitrogen and oxygen atoms in total. The number of hydrogen-bond donors (Lipinski definition) is 2. The number of carbonyl (C=O) groups excluding carboxylic acids is 1. The molecule has 0 radical (unpaired) electrons. The summed E-state index contributed by atoms with van der Waals surface area (Å²) >= 11 is 0. The summed E-state index contributed by atoms with van der Waals surface area (Å²) < 4.78 is 0. The number of urea groups is 1. The zero-order chi connectivity index (χ0) is 12.9. The molecule has 1 aliphatic rings. The fourth-order valence-electron chi connectivity index (χ4n) is 2.14. The topological polar surface area (TPSA) is 69.6 Å². The standard InChI is InChI=1S/C12H22N2O3/c1-3-4-8-13-11(17)14-9-6-5-7-12(14,2)10(15)16/h3-9H2,1-2H3,(H,13,17)(H,15,16). The first-order valence-corrected chi connectivity index (χ1v) is 6.31. The van der Waals surface area contributed by atoms with Crippen molar-refractivity contribution in [1.29, 1.82) is 0 Å². The van der Waals surface area contributed by atoms with E-state index in [-0.39, 0.29) is 6.03 Å². The van der Waals surface area contributed by atoms with E-state index in [1.807, 2.05) is 0 Å². The first-order chi connectivity index (χ1) is 8.02. The van der Waals surface area contributed by atoms with Gasteiger partial charge in [0.25, 0.3) is 0 Å². The molecule has 2 amide bonds. The highest BCUT2D eigenvalue weighted by Crippen LogP contribution is 2.28. The monoisotopic (exact) mass is 242 g/mol. The third-order valence-corrected chi connectivity index (χ3v) is 3.40.